The first-order valence-electron chi connectivity index (χ1n) is 12.4. The number of hydrogen-bond acceptors (Lipinski definition) is 6. The molecular formula is C30H24F3N3O4S. The molecule has 0 aliphatic rings. The number of primary amides is 1. The minimum absolute atomic E-state index is 0.0381. The minimum Gasteiger partial charge on any atom is -0.485 e. The molecule has 210 valence electrons. The number of rotatable bonds is 7. The number of pyridine rings is 1. The average molecular weight is 580 g/mol. The van der Waals surface area contributed by atoms with E-state index in [1.54, 1.807) is 30.3 Å². The average Bonchev–Trinajstić information content (AvgIpc) is 3.54. The maximum Gasteiger partial charge on any atom is 0.433 e. The number of carbonyl (C=O) groups is 2. The lowest BCUT2D eigenvalue weighted by atomic mass is 10.00. The van der Waals surface area contributed by atoms with Gasteiger partial charge < -0.3 is 20.2 Å². The third kappa shape index (κ3) is 5.80. The number of benzene rings is 2. The van der Waals surface area contributed by atoms with Crippen LogP contribution in [0, 0.1) is 20.8 Å². The zero-order valence-corrected chi connectivity index (χ0v) is 23.0. The Morgan fingerprint density at radius 3 is 2.39 bits per heavy atom. The molecular weight excluding hydrogens is 555 g/mol. The van der Waals surface area contributed by atoms with Crippen molar-refractivity contribution in [2.45, 2.75) is 33.6 Å². The van der Waals surface area contributed by atoms with Crippen molar-refractivity contribution in [1.82, 2.24) is 4.98 Å². The van der Waals surface area contributed by atoms with Crippen LogP contribution in [-0.4, -0.2) is 16.8 Å². The number of nitrogens with zero attached hydrogens (tertiary/aromatic N) is 1. The van der Waals surface area contributed by atoms with E-state index in [-0.39, 0.29) is 38.7 Å². The Labute approximate surface area is 236 Å². The SMILES string of the molecule is Cc1ccc(-c2cc(C(F)(F)F)nc3sc(C(N)=O)c(NC(=O)c4ccc(COc5cc(C)ccc5C)o4)c23)cc1. The third-order valence-corrected chi connectivity index (χ3v) is 7.47. The lowest BCUT2D eigenvalue weighted by Crippen LogP contribution is -2.16. The number of halogens is 3. The number of anilines is 1. The summed E-state index contributed by atoms with van der Waals surface area (Å²) in [5, 5.41) is 2.80. The number of hydrogen-bond donors (Lipinski definition) is 2. The molecule has 41 heavy (non-hydrogen) atoms. The van der Waals surface area contributed by atoms with Crippen LogP contribution in [0.1, 0.15) is 48.4 Å². The van der Waals surface area contributed by atoms with Crippen molar-refractivity contribution >= 4 is 39.1 Å². The Morgan fingerprint density at radius 1 is 1.00 bits per heavy atom. The quantitative estimate of drug-likeness (QED) is 0.209. The number of thiophene rings is 1. The zero-order chi connectivity index (χ0) is 29.5. The van der Waals surface area contributed by atoms with Gasteiger partial charge in [-0.25, -0.2) is 4.98 Å². The fraction of sp³-hybridized carbons (Fsp3) is 0.167. The predicted octanol–water partition coefficient (Wildman–Crippen LogP) is 7.43. The van der Waals surface area contributed by atoms with Crippen molar-refractivity contribution in [3.8, 4) is 16.9 Å². The van der Waals surface area contributed by atoms with Gasteiger partial charge in [-0.1, -0.05) is 42.0 Å². The van der Waals surface area contributed by atoms with E-state index in [0.29, 0.717) is 28.4 Å². The third-order valence-electron chi connectivity index (χ3n) is 6.38. The van der Waals surface area contributed by atoms with E-state index in [2.05, 4.69) is 10.3 Å². The number of nitrogens with one attached hydrogen (secondary N) is 1. The first-order valence-corrected chi connectivity index (χ1v) is 13.2. The topological polar surface area (TPSA) is 107 Å². The number of furan rings is 1. The van der Waals surface area contributed by atoms with E-state index in [4.69, 9.17) is 14.9 Å². The molecule has 0 radical (unpaired) electrons. The van der Waals surface area contributed by atoms with Gasteiger partial charge in [-0.05, 0) is 67.3 Å². The second-order valence-corrected chi connectivity index (χ2v) is 10.5. The van der Waals surface area contributed by atoms with Crippen LogP contribution in [-0.2, 0) is 12.8 Å². The molecule has 0 bridgehead atoms. The molecule has 0 spiro atoms. The largest absolute Gasteiger partial charge is 0.485 e. The van der Waals surface area contributed by atoms with E-state index in [0.717, 1.165) is 22.8 Å². The molecule has 3 heterocycles. The van der Waals surface area contributed by atoms with Gasteiger partial charge in [0.15, 0.2) is 5.76 Å². The molecule has 5 aromatic rings. The van der Waals surface area contributed by atoms with Crippen LogP contribution < -0.4 is 15.8 Å². The van der Waals surface area contributed by atoms with Crippen molar-refractivity contribution in [3.63, 3.8) is 0 Å². The highest BCUT2D eigenvalue weighted by Gasteiger charge is 2.35. The number of alkyl halides is 3. The van der Waals surface area contributed by atoms with Crippen LogP contribution in [0.15, 0.2) is 65.1 Å². The maximum absolute atomic E-state index is 13.7. The summed E-state index contributed by atoms with van der Waals surface area (Å²) in [6, 6.07) is 16.5. The van der Waals surface area contributed by atoms with Crippen LogP contribution in [0.4, 0.5) is 18.9 Å². The molecule has 0 unspecified atom stereocenters. The van der Waals surface area contributed by atoms with Gasteiger partial charge >= 0.3 is 6.18 Å². The molecule has 0 saturated carbocycles. The lowest BCUT2D eigenvalue weighted by Gasteiger charge is -2.12. The Balaban J connectivity index is 1.51. The van der Waals surface area contributed by atoms with Crippen molar-refractivity contribution in [2.75, 3.05) is 5.32 Å². The van der Waals surface area contributed by atoms with E-state index < -0.39 is 23.7 Å². The van der Waals surface area contributed by atoms with Gasteiger partial charge in [-0.3, -0.25) is 9.59 Å². The van der Waals surface area contributed by atoms with E-state index in [9.17, 15) is 22.8 Å². The van der Waals surface area contributed by atoms with E-state index in [1.807, 2.05) is 39.0 Å². The van der Waals surface area contributed by atoms with Crippen LogP contribution in [0.5, 0.6) is 5.75 Å². The van der Waals surface area contributed by atoms with Crippen molar-refractivity contribution in [2.24, 2.45) is 5.73 Å². The molecule has 11 heteroatoms. The number of ether oxygens (including phenoxy) is 1. The summed E-state index contributed by atoms with van der Waals surface area (Å²) in [4.78, 5) is 29.1. The van der Waals surface area contributed by atoms with Crippen LogP contribution in [0.3, 0.4) is 0 Å². The van der Waals surface area contributed by atoms with Gasteiger partial charge in [0, 0.05) is 5.39 Å². The van der Waals surface area contributed by atoms with Crippen LogP contribution in [0.2, 0.25) is 0 Å². The van der Waals surface area contributed by atoms with Crippen molar-refractivity contribution in [1.29, 1.82) is 0 Å². The van der Waals surface area contributed by atoms with Gasteiger partial charge in [0.1, 0.15) is 33.5 Å². The molecule has 7 nitrogen and oxygen atoms in total. The summed E-state index contributed by atoms with van der Waals surface area (Å²) in [5.74, 6) is -0.680. The number of nitrogens with two attached hydrogens (primary N) is 1. The van der Waals surface area contributed by atoms with Gasteiger partial charge in [0.05, 0.1) is 5.69 Å². The second kappa shape index (κ2) is 10.7. The van der Waals surface area contributed by atoms with Gasteiger partial charge in [0.2, 0.25) is 0 Å². The van der Waals surface area contributed by atoms with Gasteiger partial charge in [-0.2, -0.15) is 13.2 Å². The monoisotopic (exact) mass is 579 g/mol. The summed E-state index contributed by atoms with van der Waals surface area (Å²) in [7, 11) is 0. The Kier molecular flexibility index (Phi) is 7.31. The summed E-state index contributed by atoms with van der Waals surface area (Å²) >= 11 is 0.674. The van der Waals surface area contributed by atoms with Crippen molar-refractivity contribution < 1.29 is 31.9 Å². The number of amides is 2. The van der Waals surface area contributed by atoms with E-state index >= 15 is 0 Å². The molecule has 0 atom stereocenters. The molecule has 5 rings (SSSR count). The normalized spacial score (nSPS) is 11.6. The van der Waals surface area contributed by atoms with Gasteiger partial charge in [-0.15, -0.1) is 11.3 Å². The summed E-state index contributed by atoms with van der Waals surface area (Å²) in [6.07, 6.45) is -4.74. The summed E-state index contributed by atoms with van der Waals surface area (Å²) in [5.41, 5.74) is 7.87. The highest BCUT2D eigenvalue weighted by molar-refractivity contribution is 7.21. The Morgan fingerprint density at radius 2 is 1.71 bits per heavy atom. The number of carbonyl (C=O) groups excluding carboxylic acids is 2. The smallest absolute Gasteiger partial charge is 0.433 e. The fourth-order valence-electron chi connectivity index (χ4n) is 4.26. The molecule has 2 aromatic carbocycles. The minimum atomic E-state index is -4.74. The number of aromatic nitrogens is 1. The number of aryl methyl sites for hydroxylation is 3. The molecule has 0 saturated heterocycles. The predicted molar refractivity (Wildman–Crippen MR) is 150 cm³/mol. The summed E-state index contributed by atoms with van der Waals surface area (Å²) in [6.45, 7) is 5.76. The standard InChI is InChI=1S/C30H24F3N3O4S/c1-15-5-8-18(9-6-15)20-13-23(30(31,32)33)35-29-24(20)25(26(41-29)27(34)37)36-28(38)21-11-10-19(40-21)14-39-22-12-16(2)4-7-17(22)3/h4-13H,14H2,1-3H3,(H2,34,37)(H,36,38). The maximum atomic E-state index is 13.7. The first-order chi connectivity index (χ1) is 19.4. The van der Waals surface area contributed by atoms with Crippen LogP contribution >= 0.6 is 11.3 Å². The fourth-order valence-corrected chi connectivity index (χ4v) is 5.27. The first kappa shape index (κ1) is 27.9. The van der Waals surface area contributed by atoms with Crippen LogP contribution in [0.25, 0.3) is 21.3 Å². The number of fused-ring (bicyclic) bond motifs is 1. The highest BCUT2D eigenvalue weighted by atomic mass is 32.1. The van der Waals surface area contributed by atoms with E-state index in [1.165, 1.54) is 6.07 Å². The zero-order valence-electron chi connectivity index (χ0n) is 22.2. The summed E-state index contributed by atoms with van der Waals surface area (Å²) < 4.78 is 52.8. The molecule has 3 aromatic heterocycles. The lowest BCUT2D eigenvalue weighted by molar-refractivity contribution is -0.140. The molecule has 3 N–H and O–H groups in total. The second-order valence-electron chi connectivity index (χ2n) is 9.55. The molecule has 0 aliphatic heterocycles. The molecule has 0 fully saturated rings. The molecule has 2 amide bonds. The Bertz CT molecular complexity index is 1790. The molecule has 0 aliphatic carbocycles. The van der Waals surface area contributed by atoms with Gasteiger partial charge in [0.25, 0.3) is 11.8 Å². The Hall–Kier alpha value is -4.64. The highest BCUT2D eigenvalue weighted by Crippen LogP contribution is 2.43. The van der Waals surface area contributed by atoms with Crippen molar-refractivity contribution in [3.05, 3.63) is 99.4 Å².